The lowest BCUT2D eigenvalue weighted by Gasteiger charge is -2.46. The normalized spacial score (nSPS) is 23.9. The average Bonchev–Trinajstić information content (AvgIpc) is 3.32. The summed E-state index contributed by atoms with van der Waals surface area (Å²) in [5.74, 6) is 1.81. The molecule has 210 valence electrons. The third-order valence-corrected chi connectivity index (χ3v) is 8.41. The molecule has 8 nitrogen and oxygen atoms in total. The van der Waals surface area contributed by atoms with Crippen molar-refractivity contribution in [1.82, 2.24) is 34.3 Å². The van der Waals surface area contributed by atoms with Crippen LogP contribution < -0.4 is 5.56 Å². The van der Waals surface area contributed by atoms with E-state index < -0.39 is 22.9 Å². The third kappa shape index (κ3) is 4.59. The van der Waals surface area contributed by atoms with Crippen molar-refractivity contribution in [1.29, 1.82) is 0 Å². The molecule has 2 fully saturated rings. The van der Waals surface area contributed by atoms with E-state index in [1.54, 1.807) is 12.4 Å². The average molecular weight is 552 g/mol. The molecule has 0 N–H and O–H groups in total. The van der Waals surface area contributed by atoms with Gasteiger partial charge in [0.25, 0.3) is 5.56 Å². The van der Waals surface area contributed by atoms with E-state index in [2.05, 4.69) is 39.0 Å². The molecule has 1 aliphatic carbocycles. The second kappa shape index (κ2) is 9.79. The van der Waals surface area contributed by atoms with Gasteiger partial charge in [-0.3, -0.25) is 9.69 Å². The number of halogens is 3. The summed E-state index contributed by atoms with van der Waals surface area (Å²) in [6, 6.07) is 8.61. The minimum absolute atomic E-state index is 0.198. The lowest BCUT2D eigenvalue weighted by atomic mass is 9.58. The highest BCUT2D eigenvalue weighted by Crippen LogP contribution is 2.51. The van der Waals surface area contributed by atoms with Crippen molar-refractivity contribution in [3.05, 3.63) is 75.9 Å². The molecule has 0 bridgehead atoms. The van der Waals surface area contributed by atoms with Gasteiger partial charge < -0.3 is 4.57 Å². The van der Waals surface area contributed by atoms with E-state index in [0.717, 1.165) is 60.7 Å². The molecule has 1 aliphatic heterocycles. The molecule has 3 aromatic heterocycles. The first-order valence-corrected chi connectivity index (χ1v) is 13.7. The molecule has 1 saturated carbocycles. The molecule has 0 radical (unpaired) electrons. The molecule has 1 saturated heterocycles. The molecule has 0 spiro atoms. The number of piperidine rings is 1. The fourth-order valence-electron chi connectivity index (χ4n) is 6.63. The highest BCUT2D eigenvalue weighted by molar-refractivity contribution is 5.65. The van der Waals surface area contributed by atoms with E-state index >= 15 is 0 Å². The van der Waals surface area contributed by atoms with Crippen molar-refractivity contribution < 1.29 is 13.2 Å². The van der Waals surface area contributed by atoms with Crippen LogP contribution in [0.3, 0.4) is 0 Å². The van der Waals surface area contributed by atoms with Crippen LogP contribution in [0.15, 0.2) is 47.7 Å². The Kier molecular flexibility index (Phi) is 6.52. The van der Waals surface area contributed by atoms with E-state index in [9.17, 15) is 18.0 Å². The first kappa shape index (κ1) is 26.6. The highest BCUT2D eigenvalue weighted by Gasteiger charge is 2.48. The summed E-state index contributed by atoms with van der Waals surface area (Å²) in [6.07, 6.45) is 2.07. The van der Waals surface area contributed by atoms with Gasteiger partial charge in [0.2, 0.25) is 0 Å². The van der Waals surface area contributed by atoms with Crippen LogP contribution in [-0.2, 0) is 25.2 Å². The fraction of sp³-hybridized carbons (Fsp3) is 0.483. The Balaban J connectivity index is 1.45. The molecular formula is C29H32F3N7O. The standard InChI is InChI=1S/C29H32F3N7O/c1-18-6-5-9-38(15-18)16-22-11-24(29(30,31)32)25-33-14-23(26(40)39(25)36-22)20-7-4-8-21(10-20)28(12-19(2)13-28)27-35-34-17-37(27)3/h4,7-8,10-11,14,17-19H,5-6,9,12-13,15-16H2,1-3H3/t18-,19?,28?/m0/s1. The van der Waals surface area contributed by atoms with Crippen molar-refractivity contribution in [2.45, 2.75) is 57.7 Å². The Hall–Kier alpha value is -3.60. The number of likely N-dealkylation sites (tertiary alicyclic amines) is 1. The van der Waals surface area contributed by atoms with Gasteiger partial charge in [-0.2, -0.15) is 22.8 Å². The molecule has 0 unspecified atom stereocenters. The van der Waals surface area contributed by atoms with Crippen molar-refractivity contribution in [3.63, 3.8) is 0 Å². The summed E-state index contributed by atoms with van der Waals surface area (Å²) in [5.41, 5.74) is -0.451. The van der Waals surface area contributed by atoms with E-state index in [-0.39, 0.29) is 23.2 Å². The van der Waals surface area contributed by atoms with Crippen LogP contribution in [-0.4, -0.2) is 47.4 Å². The molecule has 4 heterocycles. The molecule has 6 rings (SSSR count). The van der Waals surface area contributed by atoms with E-state index in [1.807, 2.05) is 29.8 Å². The zero-order chi connectivity index (χ0) is 28.2. The lowest BCUT2D eigenvalue weighted by molar-refractivity contribution is -0.136. The van der Waals surface area contributed by atoms with Crippen LogP contribution in [0.2, 0.25) is 0 Å². The van der Waals surface area contributed by atoms with Gasteiger partial charge in [0.05, 0.1) is 16.7 Å². The number of nitrogens with zero attached hydrogens (tertiary/aromatic N) is 7. The Morgan fingerprint density at radius 2 is 1.93 bits per heavy atom. The third-order valence-electron chi connectivity index (χ3n) is 8.41. The number of hydrogen-bond donors (Lipinski definition) is 0. The molecular weight excluding hydrogens is 519 g/mol. The summed E-state index contributed by atoms with van der Waals surface area (Å²) < 4.78 is 45.1. The predicted molar refractivity (Wildman–Crippen MR) is 144 cm³/mol. The van der Waals surface area contributed by atoms with Gasteiger partial charge in [-0.25, -0.2) is 4.98 Å². The van der Waals surface area contributed by atoms with Crippen LogP contribution in [0.1, 0.15) is 62.2 Å². The van der Waals surface area contributed by atoms with Crippen molar-refractivity contribution >= 4 is 5.65 Å². The first-order valence-electron chi connectivity index (χ1n) is 13.7. The Labute approximate surface area is 229 Å². The minimum Gasteiger partial charge on any atom is -0.320 e. The molecule has 4 aromatic rings. The number of aromatic nitrogens is 6. The number of fused-ring (bicyclic) bond motifs is 1. The summed E-state index contributed by atoms with van der Waals surface area (Å²) in [4.78, 5) is 20.0. The van der Waals surface area contributed by atoms with Crippen LogP contribution in [0.5, 0.6) is 0 Å². The number of rotatable bonds is 5. The largest absolute Gasteiger partial charge is 0.420 e. The lowest BCUT2D eigenvalue weighted by Crippen LogP contribution is -2.43. The topological polar surface area (TPSA) is 81.2 Å². The number of alkyl halides is 3. The number of aryl methyl sites for hydroxylation is 1. The monoisotopic (exact) mass is 551 g/mol. The summed E-state index contributed by atoms with van der Waals surface area (Å²) >= 11 is 0. The van der Waals surface area contributed by atoms with Gasteiger partial charge in [0.1, 0.15) is 17.7 Å². The SMILES string of the molecule is CC1CC(c2cccc(-c3cnc4c(C(F)(F)F)cc(CN5CCC[C@H](C)C5)nn4c3=O)c2)(c2nncn2C)C1. The Morgan fingerprint density at radius 3 is 2.60 bits per heavy atom. The Bertz CT molecular complexity index is 1620. The summed E-state index contributed by atoms with van der Waals surface area (Å²) in [6.45, 7) is 6.14. The molecule has 40 heavy (non-hydrogen) atoms. The van der Waals surface area contributed by atoms with Crippen molar-refractivity contribution in [2.24, 2.45) is 18.9 Å². The van der Waals surface area contributed by atoms with E-state index in [0.29, 0.717) is 17.4 Å². The second-order valence-electron chi connectivity index (χ2n) is 11.7. The first-order chi connectivity index (χ1) is 19.0. The number of hydrogen-bond acceptors (Lipinski definition) is 6. The van der Waals surface area contributed by atoms with Crippen molar-refractivity contribution in [3.8, 4) is 11.1 Å². The van der Waals surface area contributed by atoms with Gasteiger partial charge in [-0.15, -0.1) is 10.2 Å². The van der Waals surface area contributed by atoms with E-state index in [4.69, 9.17) is 0 Å². The molecule has 0 amide bonds. The molecule has 11 heteroatoms. The maximum absolute atomic E-state index is 14.1. The maximum Gasteiger partial charge on any atom is 0.420 e. The smallest absolute Gasteiger partial charge is 0.320 e. The fourth-order valence-corrected chi connectivity index (χ4v) is 6.63. The second-order valence-corrected chi connectivity index (χ2v) is 11.7. The molecule has 1 aromatic carbocycles. The molecule has 2 aliphatic rings. The zero-order valence-electron chi connectivity index (χ0n) is 22.8. The minimum atomic E-state index is -4.68. The highest BCUT2D eigenvalue weighted by atomic mass is 19.4. The van der Waals surface area contributed by atoms with Gasteiger partial charge in [0.15, 0.2) is 5.65 Å². The van der Waals surface area contributed by atoms with E-state index in [1.165, 1.54) is 6.20 Å². The zero-order valence-corrected chi connectivity index (χ0v) is 22.8. The van der Waals surface area contributed by atoms with Gasteiger partial charge in [0, 0.05) is 26.3 Å². The maximum atomic E-state index is 14.1. The predicted octanol–water partition coefficient (Wildman–Crippen LogP) is 4.85. The quantitative estimate of drug-likeness (QED) is 0.353. The van der Waals surface area contributed by atoms with Crippen LogP contribution in [0.25, 0.3) is 16.8 Å². The molecule has 1 atom stereocenters. The van der Waals surface area contributed by atoms with Gasteiger partial charge in [-0.1, -0.05) is 32.0 Å². The Morgan fingerprint density at radius 1 is 1.12 bits per heavy atom. The number of benzene rings is 1. The van der Waals surface area contributed by atoms with Crippen molar-refractivity contribution in [2.75, 3.05) is 13.1 Å². The summed E-state index contributed by atoms with van der Waals surface area (Å²) in [5, 5.41) is 12.9. The van der Waals surface area contributed by atoms with Gasteiger partial charge in [-0.05, 0) is 67.3 Å². The summed E-state index contributed by atoms with van der Waals surface area (Å²) in [7, 11) is 1.91. The van der Waals surface area contributed by atoms with Gasteiger partial charge >= 0.3 is 6.18 Å². The van der Waals surface area contributed by atoms with Crippen LogP contribution in [0.4, 0.5) is 13.2 Å². The van der Waals surface area contributed by atoms with Crippen LogP contribution >= 0.6 is 0 Å². The van der Waals surface area contributed by atoms with Crippen LogP contribution in [0, 0.1) is 11.8 Å².